The number of halogens is 2. The van der Waals surface area contributed by atoms with Gasteiger partial charge in [0.2, 0.25) is 0 Å². The Morgan fingerprint density at radius 1 is 1.22 bits per heavy atom. The summed E-state index contributed by atoms with van der Waals surface area (Å²) in [5.41, 5.74) is 0.826. The van der Waals surface area contributed by atoms with Crippen molar-refractivity contribution in [1.82, 2.24) is 25.5 Å². The van der Waals surface area contributed by atoms with Crippen LogP contribution < -0.4 is 10.6 Å². The average Bonchev–Trinajstić information content (AvgIpc) is 3.70. The van der Waals surface area contributed by atoms with Gasteiger partial charge in [-0.25, -0.2) is 18.7 Å². The molecule has 2 saturated heterocycles. The van der Waals surface area contributed by atoms with Crippen molar-refractivity contribution in [3.05, 3.63) is 47.4 Å². The summed E-state index contributed by atoms with van der Waals surface area (Å²) in [6, 6.07) is 3.20. The molecule has 0 spiro atoms. The summed E-state index contributed by atoms with van der Waals surface area (Å²) in [4.78, 5) is 8.58. The minimum atomic E-state index is -0.640. The smallest absolute Gasteiger partial charge is 0.161 e. The van der Waals surface area contributed by atoms with Crippen molar-refractivity contribution in [3.8, 4) is 0 Å². The minimum absolute atomic E-state index is 0.302. The highest BCUT2D eigenvalue weighted by Gasteiger charge is 2.54. The number of epoxide rings is 1. The van der Waals surface area contributed by atoms with Gasteiger partial charge in [-0.3, -0.25) is 10.4 Å². The molecule has 0 amide bonds. The van der Waals surface area contributed by atoms with Crippen molar-refractivity contribution in [2.45, 2.75) is 49.3 Å². The lowest BCUT2D eigenvalue weighted by Gasteiger charge is -2.28. The van der Waals surface area contributed by atoms with Gasteiger partial charge in [0, 0.05) is 17.7 Å². The third-order valence-corrected chi connectivity index (χ3v) is 6.40. The average molecular weight is 444 g/mol. The first kappa shape index (κ1) is 19.9. The van der Waals surface area contributed by atoms with Crippen LogP contribution in [0.1, 0.15) is 36.6 Å². The number of aliphatic hydroxyl groups excluding tert-OH is 1. The molecule has 11 heteroatoms. The van der Waals surface area contributed by atoms with E-state index in [9.17, 15) is 13.9 Å². The minimum Gasteiger partial charge on any atom is -0.391 e. The summed E-state index contributed by atoms with van der Waals surface area (Å²) >= 11 is 0. The number of hydrogen-bond acceptors (Lipinski definition) is 8. The second-order valence-corrected chi connectivity index (χ2v) is 8.56. The zero-order chi connectivity index (χ0) is 21.9. The molecule has 2 aliphatic heterocycles. The van der Waals surface area contributed by atoms with Crippen LogP contribution in [0.25, 0.3) is 11.0 Å². The summed E-state index contributed by atoms with van der Waals surface area (Å²) in [5, 5.41) is 24.8. The van der Waals surface area contributed by atoms with Crippen LogP contribution >= 0.6 is 0 Å². The Hall–Kier alpha value is -2.73. The number of aromatic amines is 1. The molecule has 3 aromatic rings. The van der Waals surface area contributed by atoms with Gasteiger partial charge in [0.1, 0.15) is 41.8 Å². The molecule has 32 heavy (non-hydrogen) atoms. The van der Waals surface area contributed by atoms with Gasteiger partial charge in [-0.05, 0) is 37.5 Å². The molecule has 2 aromatic heterocycles. The van der Waals surface area contributed by atoms with Gasteiger partial charge in [-0.1, -0.05) is 0 Å². The van der Waals surface area contributed by atoms with E-state index in [4.69, 9.17) is 9.47 Å². The molecular weight excluding hydrogens is 422 g/mol. The Bertz CT molecular complexity index is 1170. The monoisotopic (exact) mass is 444 g/mol. The lowest BCUT2D eigenvalue weighted by atomic mass is 10.0. The van der Waals surface area contributed by atoms with Gasteiger partial charge in [0.15, 0.2) is 5.65 Å². The highest BCUT2D eigenvalue weighted by Crippen LogP contribution is 2.51. The van der Waals surface area contributed by atoms with Gasteiger partial charge in [0.25, 0.3) is 0 Å². The Balaban J connectivity index is 1.24. The molecule has 1 aliphatic carbocycles. The Labute approximate surface area is 181 Å². The predicted octanol–water partition coefficient (Wildman–Crippen LogP) is 1.87. The summed E-state index contributed by atoms with van der Waals surface area (Å²) in [6.45, 7) is 0.887. The molecule has 1 aromatic carbocycles. The van der Waals surface area contributed by atoms with E-state index in [1.807, 2.05) is 0 Å². The maximum absolute atomic E-state index is 14.3. The lowest BCUT2D eigenvalue weighted by molar-refractivity contribution is 0.00308. The lowest BCUT2D eigenvalue weighted by Crippen LogP contribution is -2.42. The second kappa shape index (κ2) is 7.41. The SMILES string of the molecule is O[C@@H]1CCOC[C@H]1Nc1ncnc2[nH]nc(C3OC3NC3(c4cc(F)ccc4F)CC3)c12. The number of ether oxygens (including phenoxy) is 2. The molecule has 2 unspecified atom stereocenters. The number of H-pyrrole nitrogens is 1. The zero-order valence-corrected chi connectivity index (χ0v) is 17.0. The second-order valence-electron chi connectivity index (χ2n) is 8.56. The Morgan fingerprint density at radius 3 is 2.91 bits per heavy atom. The number of fused-ring (bicyclic) bond motifs is 1. The summed E-state index contributed by atoms with van der Waals surface area (Å²) in [6.07, 6.45) is 2.00. The van der Waals surface area contributed by atoms with Crippen LogP contribution in [0.4, 0.5) is 14.6 Å². The number of hydrogen-bond donors (Lipinski definition) is 4. The third-order valence-electron chi connectivity index (χ3n) is 6.40. The van der Waals surface area contributed by atoms with E-state index in [0.717, 1.165) is 12.1 Å². The zero-order valence-electron chi connectivity index (χ0n) is 17.0. The number of benzene rings is 1. The normalized spacial score (nSPS) is 28.6. The number of rotatable bonds is 6. The number of anilines is 1. The van der Waals surface area contributed by atoms with E-state index in [-0.39, 0.29) is 6.04 Å². The Morgan fingerprint density at radius 2 is 2.09 bits per heavy atom. The van der Waals surface area contributed by atoms with Gasteiger partial charge in [-0.2, -0.15) is 5.10 Å². The fourth-order valence-corrected chi connectivity index (χ4v) is 4.42. The maximum Gasteiger partial charge on any atom is 0.161 e. The molecule has 4 atom stereocenters. The molecule has 3 aliphatic rings. The molecule has 4 N–H and O–H groups in total. The van der Waals surface area contributed by atoms with Crippen molar-refractivity contribution < 1.29 is 23.4 Å². The molecule has 0 radical (unpaired) electrons. The standard InChI is InChI=1S/C21H22F2N6O3/c22-10-1-2-12(23)11(7-10)21(4-5-21)27-20-17(32-20)16-15-18(24-9-25-19(15)29-28-16)26-13-8-31-6-3-14(13)30/h1-2,7,9,13-14,17,20,27,30H,3-6,8H2,(H2,24,25,26,28,29)/t13-,14-,17?,20?/m1/s1. The van der Waals surface area contributed by atoms with Gasteiger partial charge in [0.05, 0.1) is 24.1 Å². The quantitative estimate of drug-likeness (QED) is 0.426. The Kier molecular flexibility index (Phi) is 4.61. The van der Waals surface area contributed by atoms with Crippen LogP contribution in [0.5, 0.6) is 0 Å². The van der Waals surface area contributed by atoms with Gasteiger partial charge in [-0.15, -0.1) is 0 Å². The number of nitrogens with one attached hydrogen (secondary N) is 3. The van der Waals surface area contributed by atoms with Crippen molar-refractivity contribution in [3.63, 3.8) is 0 Å². The molecule has 3 fully saturated rings. The molecule has 9 nitrogen and oxygen atoms in total. The van der Waals surface area contributed by atoms with Gasteiger partial charge >= 0.3 is 0 Å². The largest absolute Gasteiger partial charge is 0.391 e. The number of nitrogens with zero attached hydrogens (tertiary/aromatic N) is 3. The van der Waals surface area contributed by atoms with Crippen LogP contribution in [0, 0.1) is 11.6 Å². The van der Waals surface area contributed by atoms with Crippen LogP contribution in [0.15, 0.2) is 24.5 Å². The number of aliphatic hydroxyl groups is 1. The van der Waals surface area contributed by atoms with Crippen molar-refractivity contribution in [2.75, 3.05) is 18.5 Å². The highest BCUT2D eigenvalue weighted by atomic mass is 19.1. The first-order valence-electron chi connectivity index (χ1n) is 10.6. The predicted molar refractivity (Wildman–Crippen MR) is 109 cm³/mol. The summed E-state index contributed by atoms with van der Waals surface area (Å²) < 4.78 is 39.4. The van der Waals surface area contributed by atoms with Crippen molar-refractivity contribution in [1.29, 1.82) is 0 Å². The van der Waals surface area contributed by atoms with Gasteiger partial charge < -0.3 is 19.9 Å². The number of aromatic nitrogens is 4. The molecule has 4 heterocycles. The van der Waals surface area contributed by atoms with Crippen molar-refractivity contribution >= 4 is 16.9 Å². The summed E-state index contributed by atoms with van der Waals surface area (Å²) in [5.74, 6) is -0.380. The van der Waals surface area contributed by atoms with Crippen LogP contribution in [-0.2, 0) is 15.0 Å². The fraction of sp³-hybridized carbons (Fsp3) is 0.476. The summed E-state index contributed by atoms with van der Waals surface area (Å²) in [7, 11) is 0. The van der Waals surface area contributed by atoms with Crippen LogP contribution in [0.3, 0.4) is 0 Å². The fourth-order valence-electron chi connectivity index (χ4n) is 4.42. The van der Waals surface area contributed by atoms with E-state index in [1.54, 1.807) is 0 Å². The molecule has 168 valence electrons. The molecule has 6 rings (SSSR count). The van der Waals surface area contributed by atoms with E-state index in [0.29, 0.717) is 60.6 Å². The van der Waals surface area contributed by atoms with Crippen LogP contribution in [-0.4, -0.2) is 56.9 Å². The molecule has 1 saturated carbocycles. The molecule has 0 bridgehead atoms. The van der Waals surface area contributed by atoms with E-state index < -0.39 is 35.6 Å². The van der Waals surface area contributed by atoms with E-state index >= 15 is 0 Å². The third kappa shape index (κ3) is 3.41. The highest BCUT2D eigenvalue weighted by molar-refractivity contribution is 5.89. The first-order chi connectivity index (χ1) is 15.5. The first-order valence-corrected chi connectivity index (χ1v) is 10.6. The maximum atomic E-state index is 14.3. The van der Waals surface area contributed by atoms with Crippen molar-refractivity contribution in [2.24, 2.45) is 0 Å². The van der Waals surface area contributed by atoms with E-state index in [1.165, 1.54) is 12.4 Å². The molecular formula is C21H22F2N6O3. The van der Waals surface area contributed by atoms with E-state index in [2.05, 4.69) is 30.8 Å². The topological polar surface area (TPSA) is 121 Å². The van der Waals surface area contributed by atoms with Crippen LogP contribution in [0.2, 0.25) is 0 Å².